The van der Waals surface area contributed by atoms with Gasteiger partial charge in [0.1, 0.15) is 11.3 Å². The molecule has 0 spiro atoms. The number of ketones is 1. The van der Waals surface area contributed by atoms with Gasteiger partial charge in [0.25, 0.3) is 5.56 Å². The maximum absolute atomic E-state index is 13.0. The van der Waals surface area contributed by atoms with Crippen molar-refractivity contribution in [3.05, 3.63) is 51.5 Å². The smallest absolute Gasteiger partial charge is 0.344 e. The molecule has 0 aliphatic carbocycles. The lowest BCUT2D eigenvalue weighted by Crippen LogP contribution is -2.26. The highest BCUT2D eigenvalue weighted by Crippen LogP contribution is 2.29. The van der Waals surface area contributed by atoms with Crippen LogP contribution in [0.5, 0.6) is 0 Å². The van der Waals surface area contributed by atoms with Crippen LogP contribution in [0.3, 0.4) is 0 Å². The van der Waals surface area contributed by atoms with E-state index in [0.717, 1.165) is 11.8 Å². The van der Waals surface area contributed by atoms with Crippen LogP contribution < -0.4 is 10.9 Å². The van der Waals surface area contributed by atoms with E-state index in [0.29, 0.717) is 22.6 Å². The fourth-order valence-electron chi connectivity index (χ4n) is 3.53. The van der Waals surface area contributed by atoms with Gasteiger partial charge < -0.3 is 9.15 Å². The van der Waals surface area contributed by atoms with Gasteiger partial charge in [-0.25, -0.2) is 9.78 Å². The Hall–Kier alpha value is -3.40. The first-order valence-electron chi connectivity index (χ1n) is 10.9. The van der Waals surface area contributed by atoms with Crippen molar-refractivity contribution in [1.29, 1.82) is 0 Å². The number of aryl methyl sites for hydroxylation is 1. The maximum atomic E-state index is 13.0. The average molecular weight is 486 g/mol. The Bertz CT molecular complexity index is 1310. The van der Waals surface area contributed by atoms with Crippen LogP contribution in [0.2, 0.25) is 0 Å². The molecule has 180 valence electrons. The second kappa shape index (κ2) is 10.7. The number of Topliss-reactive ketones (excluding diaryl/α,β-unsaturated/α-hetero) is 1. The summed E-state index contributed by atoms with van der Waals surface area (Å²) in [7, 11) is 0. The number of carbonyl (C=O) groups is 3. The lowest BCUT2D eigenvalue weighted by atomic mass is 10.1. The average Bonchev–Trinajstić information content (AvgIpc) is 3.10. The number of esters is 1. The Morgan fingerprint density at radius 2 is 1.91 bits per heavy atom. The standard InChI is InChI=1S/C24H27N3O6S/c1-6-32-23(31)20-19(14(4)28)15(5)33-21(20)26-18(29)12-34-24-25-17-10-8-7-9-16(17)22(30)27(24)11-13(2)3/h7-10,13H,6,11-12H2,1-5H3,(H,26,29). The van der Waals surface area contributed by atoms with E-state index in [1.165, 1.54) is 13.8 Å². The monoisotopic (exact) mass is 485 g/mol. The van der Waals surface area contributed by atoms with Crippen LogP contribution >= 0.6 is 11.8 Å². The molecule has 9 nitrogen and oxygen atoms in total. The molecule has 0 saturated heterocycles. The lowest BCUT2D eigenvalue weighted by Gasteiger charge is -2.14. The van der Waals surface area contributed by atoms with E-state index >= 15 is 0 Å². The molecular weight excluding hydrogens is 458 g/mol. The summed E-state index contributed by atoms with van der Waals surface area (Å²) in [5, 5.41) is 3.48. The minimum absolute atomic E-state index is 0.0726. The fourth-order valence-corrected chi connectivity index (χ4v) is 4.34. The van der Waals surface area contributed by atoms with E-state index < -0.39 is 11.9 Å². The van der Waals surface area contributed by atoms with Crippen molar-refractivity contribution in [1.82, 2.24) is 9.55 Å². The molecule has 10 heteroatoms. The zero-order valence-electron chi connectivity index (χ0n) is 19.8. The van der Waals surface area contributed by atoms with Crippen molar-refractivity contribution in [2.75, 3.05) is 17.7 Å². The molecule has 0 unspecified atom stereocenters. The van der Waals surface area contributed by atoms with Crippen molar-refractivity contribution in [3.8, 4) is 0 Å². The number of rotatable bonds is 9. The Kier molecular flexibility index (Phi) is 7.93. The molecule has 0 aliphatic heterocycles. The summed E-state index contributed by atoms with van der Waals surface area (Å²) < 4.78 is 12.1. The number of amides is 1. The Balaban J connectivity index is 1.87. The van der Waals surface area contributed by atoms with Gasteiger partial charge in [-0.3, -0.25) is 24.3 Å². The highest BCUT2D eigenvalue weighted by atomic mass is 32.2. The number of benzene rings is 1. The number of para-hydroxylation sites is 1. The van der Waals surface area contributed by atoms with Crippen LogP contribution in [0.1, 0.15) is 54.2 Å². The number of nitrogens with zero attached hydrogens (tertiary/aromatic N) is 2. The van der Waals surface area contributed by atoms with E-state index in [1.54, 1.807) is 35.8 Å². The number of fused-ring (bicyclic) bond motifs is 1. The molecule has 1 aromatic carbocycles. The number of ether oxygens (including phenoxy) is 1. The van der Waals surface area contributed by atoms with E-state index in [4.69, 9.17) is 9.15 Å². The Morgan fingerprint density at radius 1 is 1.21 bits per heavy atom. The normalized spacial score (nSPS) is 11.1. The van der Waals surface area contributed by atoms with E-state index in [2.05, 4.69) is 10.3 Å². The molecule has 0 aliphatic rings. The van der Waals surface area contributed by atoms with E-state index in [9.17, 15) is 19.2 Å². The minimum Gasteiger partial charge on any atom is -0.462 e. The third-order valence-electron chi connectivity index (χ3n) is 4.88. The second-order valence-corrected chi connectivity index (χ2v) is 9.01. The summed E-state index contributed by atoms with van der Waals surface area (Å²) in [5.41, 5.74) is 0.349. The number of carbonyl (C=O) groups excluding carboxylic acids is 3. The van der Waals surface area contributed by atoms with Gasteiger partial charge >= 0.3 is 5.97 Å². The Labute approximate surface area is 200 Å². The molecule has 3 rings (SSSR count). The van der Waals surface area contributed by atoms with Crippen molar-refractivity contribution in [3.63, 3.8) is 0 Å². The van der Waals surface area contributed by atoms with Crippen LogP contribution in [0, 0.1) is 12.8 Å². The molecular formula is C24H27N3O6S. The maximum Gasteiger partial charge on any atom is 0.344 e. The van der Waals surface area contributed by atoms with Crippen LogP contribution in [-0.4, -0.2) is 39.6 Å². The summed E-state index contributed by atoms with van der Waals surface area (Å²) in [5.74, 6) is -1.46. The number of anilines is 1. The highest BCUT2D eigenvalue weighted by Gasteiger charge is 2.28. The molecule has 2 aromatic heterocycles. The topological polar surface area (TPSA) is 120 Å². The third kappa shape index (κ3) is 5.39. The zero-order valence-corrected chi connectivity index (χ0v) is 20.6. The first-order valence-corrected chi connectivity index (χ1v) is 11.9. The second-order valence-electron chi connectivity index (χ2n) is 8.07. The zero-order chi connectivity index (χ0) is 25.0. The highest BCUT2D eigenvalue weighted by molar-refractivity contribution is 7.99. The van der Waals surface area contributed by atoms with E-state index in [-0.39, 0.29) is 52.4 Å². The molecule has 0 saturated carbocycles. The van der Waals surface area contributed by atoms with Gasteiger partial charge in [-0.1, -0.05) is 37.7 Å². The predicted molar refractivity (Wildman–Crippen MR) is 130 cm³/mol. The largest absolute Gasteiger partial charge is 0.462 e. The molecule has 2 heterocycles. The van der Waals surface area contributed by atoms with Crippen molar-refractivity contribution >= 4 is 46.2 Å². The number of hydrogen-bond acceptors (Lipinski definition) is 8. The van der Waals surface area contributed by atoms with Gasteiger partial charge in [-0.2, -0.15) is 0 Å². The van der Waals surface area contributed by atoms with E-state index in [1.807, 2.05) is 13.8 Å². The van der Waals surface area contributed by atoms with Gasteiger partial charge in [0.2, 0.25) is 11.8 Å². The van der Waals surface area contributed by atoms with Crippen LogP contribution in [0.4, 0.5) is 5.88 Å². The first kappa shape index (κ1) is 25.2. The van der Waals surface area contributed by atoms with Gasteiger partial charge in [-0.15, -0.1) is 0 Å². The molecule has 0 atom stereocenters. The fraction of sp³-hybridized carbons (Fsp3) is 0.375. The number of aromatic nitrogens is 2. The molecule has 3 aromatic rings. The quantitative estimate of drug-likeness (QED) is 0.208. The first-order chi connectivity index (χ1) is 16.1. The summed E-state index contributed by atoms with van der Waals surface area (Å²) >= 11 is 1.10. The number of hydrogen-bond donors (Lipinski definition) is 1. The summed E-state index contributed by atoms with van der Waals surface area (Å²) in [6.07, 6.45) is 0. The van der Waals surface area contributed by atoms with Gasteiger partial charge in [0.05, 0.1) is 28.8 Å². The third-order valence-corrected chi connectivity index (χ3v) is 5.85. The van der Waals surface area contributed by atoms with Crippen molar-refractivity contribution < 1.29 is 23.5 Å². The molecule has 0 bridgehead atoms. The molecule has 1 amide bonds. The minimum atomic E-state index is -0.755. The number of nitrogens with one attached hydrogen (secondary N) is 1. The predicted octanol–water partition coefficient (Wildman–Crippen LogP) is 4.06. The summed E-state index contributed by atoms with van der Waals surface area (Å²) in [6, 6.07) is 7.06. The molecule has 0 radical (unpaired) electrons. The van der Waals surface area contributed by atoms with Gasteiger partial charge in [0, 0.05) is 6.54 Å². The van der Waals surface area contributed by atoms with Gasteiger partial charge in [-0.05, 0) is 38.8 Å². The SMILES string of the molecule is CCOC(=O)c1c(NC(=O)CSc2nc3ccccc3c(=O)n2CC(C)C)oc(C)c1C(C)=O. The van der Waals surface area contributed by atoms with Crippen LogP contribution in [0.25, 0.3) is 10.9 Å². The molecule has 1 N–H and O–H groups in total. The van der Waals surface area contributed by atoms with Crippen LogP contribution in [0.15, 0.2) is 38.6 Å². The summed E-state index contributed by atoms with van der Waals surface area (Å²) in [4.78, 5) is 54.8. The van der Waals surface area contributed by atoms with Gasteiger partial charge in [0.15, 0.2) is 10.9 Å². The van der Waals surface area contributed by atoms with Crippen molar-refractivity contribution in [2.24, 2.45) is 5.92 Å². The molecule has 34 heavy (non-hydrogen) atoms. The number of furan rings is 1. The number of thioether (sulfide) groups is 1. The summed E-state index contributed by atoms with van der Waals surface area (Å²) in [6.45, 7) is 9.02. The molecule has 0 fully saturated rings. The van der Waals surface area contributed by atoms with Crippen molar-refractivity contribution in [2.45, 2.75) is 46.3 Å². The van der Waals surface area contributed by atoms with Crippen LogP contribution in [-0.2, 0) is 16.1 Å². The Morgan fingerprint density at radius 3 is 2.56 bits per heavy atom. The lowest BCUT2D eigenvalue weighted by molar-refractivity contribution is -0.113.